The molecule has 0 aliphatic carbocycles. The van der Waals surface area contributed by atoms with Gasteiger partial charge in [0.05, 0.1) is 0 Å². The molecule has 0 unspecified atom stereocenters. The number of carbonyl (C=O) groups is 2. The molecule has 0 atom stereocenters. The van der Waals surface area contributed by atoms with Crippen LogP contribution in [0.2, 0.25) is 5.02 Å². The number of halogens is 1. The normalized spacial score (nSPS) is 14.0. The highest BCUT2D eigenvalue weighted by Gasteiger charge is 2.25. The summed E-state index contributed by atoms with van der Waals surface area (Å²) in [4.78, 5) is 36.9. The predicted molar refractivity (Wildman–Crippen MR) is 110 cm³/mol. The summed E-state index contributed by atoms with van der Waals surface area (Å²) in [5, 5.41) is 4.48. The number of piperazine rings is 1. The number of aryl methyl sites for hydroxylation is 1. The van der Waals surface area contributed by atoms with Gasteiger partial charge in [-0.15, -0.1) is 0 Å². The van der Waals surface area contributed by atoms with Crippen LogP contribution in [0.5, 0.6) is 0 Å². The van der Waals surface area contributed by atoms with Crippen molar-refractivity contribution in [2.45, 2.75) is 12.8 Å². The first-order valence-electron chi connectivity index (χ1n) is 9.66. The highest BCUT2D eigenvalue weighted by molar-refractivity contribution is 6.30. The van der Waals surface area contributed by atoms with E-state index in [4.69, 9.17) is 16.1 Å². The van der Waals surface area contributed by atoms with Crippen molar-refractivity contribution < 1.29 is 14.1 Å². The molecule has 0 bridgehead atoms. The van der Waals surface area contributed by atoms with E-state index in [1.807, 2.05) is 0 Å². The quantitative estimate of drug-likeness (QED) is 0.624. The lowest BCUT2D eigenvalue weighted by molar-refractivity contribution is -0.132. The molecule has 1 fully saturated rings. The van der Waals surface area contributed by atoms with Crippen molar-refractivity contribution in [1.29, 1.82) is 0 Å². The molecule has 0 radical (unpaired) electrons. The number of nitrogens with zero attached hydrogens (tertiary/aromatic N) is 5. The maximum atomic E-state index is 12.6. The average Bonchev–Trinajstić information content (AvgIpc) is 3.27. The first kappa shape index (κ1) is 20.0. The third kappa shape index (κ3) is 4.65. The number of aromatic nitrogens is 3. The van der Waals surface area contributed by atoms with Crippen LogP contribution in [0.25, 0.3) is 11.4 Å². The zero-order valence-corrected chi connectivity index (χ0v) is 17.0. The number of rotatable bonds is 5. The second-order valence-corrected chi connectivity index (χ2v) is 7.37. The molecule has 9 heteroatoms. The van der Waals surface area contributed by atoms with Gasteiger partial charge in [0.2, 0.25) is 17.6 Å². The van der Waals surface area contributed by atoms with E-state index >= 15 is 0 Å². The molecule has 4 rings (SSSR count). The Kier molecular flexibility index (Phi) is 6.04. The Bertz CT molecular complexity index is 1030. The lowest BCUT2D eigenvalue weighted by Gasteiger charge is -2.34. The Morgan fingerprint density at radius 3 is 2.50 bits per heavy atom. The summed E-state index contributed by atoms with van der Waals surface area (Å²) in [5.74, 6) is 0.838. The van der Waals surface area contributed by atoms with Gasteiger partial charge >= 0.3 is 0 Å². The van der Waals surface area contributed by atoms with Crippen molar-refractivity contribution >= 4 is 23.4 Å². The van der Waals surface area contributed by atoms with Crippen LogP contribution >= 0.6 is 11.6 Å². The molecule has 1 aliphatic heterocycles. The fraction of sp³-hybridized carbons (Fsp3) is 0.286. The summed E-state index contributed by atoms with van der Waals surface area (Å²) in [6.45, 7) is 1.97. The molecule has 30 heavy (non-hydrogen) atoms. The number of hydrogen-bond donors (Lipinski definition) is 0. The van der Waals surface area contributed by atoms with Crippen LogP contribution in [0.15, 0.2) is 53.3 Å². The summed E-state index contributed by atoms with van der Waals surface area (Å²) in [7, 11) is 0. The molecule has 0 spiro atoms. The maximum Gasteiger partial charge on any atom is 0.254 e. The third-order valence-electron chi connectivity index (χ3n) is 4.95. The number of hydrogen-bond acceptors (Lipinski definition) is 6. The average molecular weight is 426 g/mol. The molecule has 0 saturated carbocycles. The van der Waals surface area contributed by atoms with Gasteiger partial charge < -0.3 is 14.3 Å². The van der Waals surface area contributed by atoms with E-state index < -0.39 is 0 Å². The van der Waals surface area contributed by atoms with Crippen LogP contribution in [0.4, 0.5) is 0 Å². The van der Waals surface area contributed by atoms with Crippen LogP contribution in [0.1, 0.15) is 22.7 Å². The summed E-state index contributed by atoms with van der Waals surface area (Å²) in [5.41, 5.74) is 1.37. The molecule has 2 amide bonds. The predicted octanol–water partition coefficient (Wildman–Crippen LogP) is 2.70. The van der Waals surface area contributed by atoms with E-state index in [0.717, 1.165) is 5.56 Å². The number of carbonyl (C=O) groups excluding carboxylic acids is 2. The molecule has 1 aliphatic rings. The fourth-order valence-electron chi connectivity index (χ4n) is 3.31. The van der Waals surface area contributed by atoms with Gasteiger partial charge in [0.15, 0.2) is 0 Å². The second-order valence-electron chi connectivity index (χ2n) is 6.93. The molecule has 154 valence electrons. The first-order valence-corrected chi connectivity index (χ1v) is 10.0. The molecule has 2 aromatic heterocycles. The zero-order valence-electron chi connectivity index (χ0n) is 16.2. The van der Waals surface area contributed by atoms with Gasteiger partial charge in [0.25, 0.3) is 5.91 Å². The Hall–Kier alpha value is -3.26. The van der Waals surface area contributed by atoms with E-state index in [1.54, 1.807) is 58.6 Å². The standard InChI is InChI=1S/C21H20ClN5O3/c22-17-3-1-2-16(14-17)21(29)27-12-10-26(11-13-27)19(28)5-4-18-24-20(25-30-18)15-6-8-23-9-7-15/h1-3,6-9,14H,4-5,10-13H2. The largest absolute Gasteiger partial charge is 0.339 e. The van der Waals surface area contributed by atoms with Gasteiger partial charge in [-0.3, -0.25) is 14.6 Å². The monoisotopic (exact) mass is 425 g/mol. The summed E-state index contributed by atoms with van der Waals surface area (Å²) in [6.07, 6.45) is 3.97. The minimum absolute atomic E-state index is 0.00788. The Morgan fingerprint density at radius 2 is 1.77 bits per heavy atom. The lowest BCUT2D eigenvalue weighted by Crippen LogP contribution is -2.50. The lowest BCUT2D eigenvalue weighted by atomic mass is 10.1. The summed E-state index contributed by atoms with van der Waals surface area (Å²) < 4.78 is 5.25. The molecule has 8 nitrogen and oxygen atoms in total. The van der Waals surface area contributed by atoms with E-state index in [0.29, 0.717) is 54.9 Å². The van der Waals surface area contributed by atoms with E-state index in [9.17, 15) is 9.59 Å². The first-order chi connectivity index (χ1) is 14.6. The van der Waals surface area contributed by atoms with Crippen LogP contribution in [0.3, 0.4) is 0 Å². The van der Waals surface area contributed by atoms with E-state index in [-0.39, 0.29) is 18.2 Å². The van der Waals surface area contributed by atoms with Gasteiger partial charge in [0, 0.05) is 67.6 Å². The van der Waals surface area contributed by atoms with Gasteiger partial charge in [-0.25, -0.2) is 0 Å². The SMILES string of the molecule is O=C(CCc1nc(-c2ccncc2)no1)N1CCN(C(=O)c2cccc(Cl)c2)CC1. The minimum atomic E-state index is -0.0703. The molecule has 1 saturated heterocycles. The van der Waals surface area contributed by atoms with Crippen LogP contribution in [-0.2, 0) is 11.2 Å². The number of benzene rings is 1. The number of amides is 2. The maximum absolute atomic E-state index is 12.6. The van der Waals surface area contributed by atoms with Crippen LogP contribution in [0, 0.1) is 0 Å². The Labute approximate surface area is 178 Å². The van der Waals surface area contributed by atoms with Crippen molar-refractivity contribution in [1.82, 2.24) is 24.9 Å². The van der Waals surface area contributed by atoms with Gasteiger partial charge in [-0.2, -0.15) is 4.98 Å². The van der Waals surface area contributed by atoms with Crippen LogP contribution in [-0.4, -0.2) is 62.9 Å². The molecular weight excluding hydrogens is 406 g/mol. The smallest absolute Gasteiger partial charge is 0.254 e. The minimum Gasteiger partial charge on any atom is -0.339 e. The highest BCUT2D eigenvalue weighted by atomic mass is 35.5. The Balaban J connectivity index is 1.27. The highest BCUT2D eigenvalue weighted by Crippen LogP contribution is 2.16. The van der Waals surface area contributed by atoms with Crippen molar-refractivity contribution in [2.75, 3.05) is 26.2 Å². The third-order valence-corrected chi connectivity index (χ3v) is 5.19. The molecule has 3 heterocycles. The van der Waals surface area contributed by atoms with Gasteiger partial charge in [-0.05, 0) is 30.3 Å². The van der Waals surface area contributed by atoms with Crippen molar-refractivity contribution in [3.8, 4) is 11.4 Å². The molecule has 0 N–H and O–H groups in total. The van der Waals surface area contributed by atoms with Gasteiger partial charge in [-0.1, -0.05) is 22.8 Å². The molecule has 3 aromatic rings. The van der Waals surface area contributed by atoms with Crippen molar-refractivity contribution in [2.24, 2.45) is 0 Å². The Morgan fingerprint density at radius 1 is 1.03 bits per heavy atom. The van der Waals surface area contributed by atoms with Crippen LogP contribution < -0.4 is 0 Å². The van der Waals surface area contributed by atoms with E-state index in [1.165, 1.54) is 0 Å². The van der Waals surface area contributed by atoms with E-state index in [2.05, 4.69) is 15.1 Å². The second kappa shape index (κ2) is 9.04. The topological polar surface area (TPSA) is 92.4 Å². The number of pyridine rings is 1. The summed E-state index contributed by atoms with van der Waals surface area (Å²) >= 11 is 5.97. The zero-order chi connectivity index (χ0) is 20.9. The summed E-state index contributed by atoms with van der Waals surface area (Å²) in [6, 6.07) is 10.5. The van der Waals surface area contributed by atoms with Crippen molar-refractivity contribution in [3.05, 3.63) is 65.3 Å². The molecular formula is C21H20ClN5O3. The fourth-order valence-corrected chi connectivity index (χ4v) is 3.50. The van der Waals surface area contributed by atoms with Crippen molar-refractivity contribution in [3.63, 3.8) is 0 Å². The van der Waals surface area contributed by atoms with Gasteiger partial charge in [0.1, 0.15) is 0 Å². The molecule has 1 aromatic carbocycles.